The van der Waals surface area contributed by atoms with Gasteiger partial charge >= 0.3 is 0 Å². The quantitative estimate of drug-likeness (QED) is 0.650. The summed E-state index contributed by atoms with van der Waals surface area (Å²) < 4.78 is 0. The fourth-order valence-electron chi connectivity index (χ4n) is 4.60. The van der Waals surface area contributed by atoms with Crippen LogP contribution in [0.15, 0.2) is 0 Å². The largest absolute Gasteiger partial charge is 0.198 e. The summed E-state index contributed by atoms with van der Waals surface area (Å²) >= 11 is 0. The van der Waals surface area contributed by atoms with Crippen LogP contribution in [-0.2, 0) is 0 Å². The lowest BCUT2D eigenvalue weighted by molar-refractivity contribution is 0.133. The van der Waals surface area contributed by atoms with E-state index in [0.29, 0.717) is 5.92 Å². The SMILES string of the molecule is CCCC(C)C1CCC(C2CCC(C#N)CC2)CC1. The minimum Gasteiger partial charge on any atom is -0.198 e. The van der Waals surface area contributed by atoms with Crippen LogP contribution in [0.3, 0.4) is 0 Å². The lowest BCUT2D eigenvalue weighted by atomic mass is 9.67. The Morgan fingerprint density at radius 2 is 1.47 bits per heavy atom. The third-order valence-electron chi connectivity index (χ3n) is 5.99. The maximum atomic E-state index is 8.98. The van der Waals surface area contributed by atoms with Gasteiger partial charge in [0.2, 0.25) is 0 Å². The summed E-state index contributed by atoms with van der Waals surface area (Å²) in [5.74, 6) is 4.26. The molecule has 0 aromatic rings. The number of nitriles is 1. The lowest BCUT2D eigenvalue weighted by Gasteiger charge is -2.38. The van der Waals surface area contributed by atoms with E-state index in [9.17, 15) is 0 Å². The average Bonchev–Trinajstić information content (AvgIpc) is 2.48. The van der Waals surface area contributed by atoms with Crippen molar-refractivity contribution in [2.75, 3.05) is 0 Å². The second kappa shape index (κ2) is 7.32. The molecular weight excluding hydrogens is 230 g/mol. The van der Waals surface area contributed by atoms with E-state index in [1.807, 2.05) is 0 Å². The second-order valence-electron chi connectivity index (χ2n) is 7.18. The van der Waals surface area contributed by atoms with Crippen molar-refractivity contribution in [1.29, 1.82) is 5.26 Å². The Morgan fingerprint density at radius 3 is 1.95 bits per heavy atom. The van der Waals surface area contributed by atoms with E-state index in [2.05, 4.69) is 19.9 Å². The fourth-order valence-corrected chi connectivity index (χ4v) is 4.60. The predicted octanol–water partition coefficient (Wildman–Crippen LogP) is 5.56. The number of hydrogen-bond donors (Lipinski definition) is 0. The summed E-state index contributed by atoms with van der Waals surface area (Å²) in [6, 6.07) is 2.46. The number of nitrogens with zero attached hydrogens (tertiary/aromatic N) is 1. The van der Waals surface area contributed by atoms with Crippen molar-refractivity contribution in [2.24, 2.45) is 29.6 Å². The highest BCUT2D eigenvalue weighted by Crippen LogP contribution is 2.43. The van der Waals surface area contributed by atoms with Crippen LogP contribution in [0.25, 0.3) is 0 Å². The van der Waals surface area contributed by atoms with Crippen molar-refractivity contribution < 1.29 is 0 Å². The van der Waals surface area contributed by atoms with Gasteiger partial charge in [0.15, 0.2) is 0 Å². The molecule has 0 bridgehead atoms. The van der Waals surface area contributed by atoms with Gasteiger partial charge < -0.3 is 0 Å². The van der Waals surface area contributed by atoms with Crippen molar-refractivity contribution in [3.05, 3.63) is 0 Å². The molecule has 1 atom stereocenters. The van der Waals surface area contributed by atoms with Crippen LogP contribution < -0.4 is 0 Å². The Morgan fingerprint density at radius 1 is 0.947 bits per heavy atom. The molecule has 2 rings (SSSR count). The van der Waals surface area contributed by atoms with Crippen LogP contribution in [0, 0.1) is 40.9 Å². The lowest BCUT2D eigenvalue weighted by Crippen LogP contribution is -2.27. The molecular formula is C18H31N. The zero-order valence-electron chi connectivity index (χ0n) is 12.9. The van der Waals surface area contributed by atoms with Crippen molar-refractivity contribution in [1.82, 2.24) is 0 Å². The molecule has 0 radical (unpaired) electrons. The summed E-state index contributed by atoms with van der Waals surface area (Å²) in [5, 5.41) is 8.98. The van der Waals surface area contributed by atoms with Gasteiger partial charge in [0.25, 0.3) is 0 Å². The normalized spacial score (nSPS) is 37.5. The van der Waals surface area contributed by atoms with Gasteiger partial charge in [-0.15, -0.1) is 0 Å². The highest BCUT2D eigenvalue weighted by Gasteiger charge is 2.31. The van der Waals surface area contributed by atoms with Gasteiger partial charge in [-0.3, -0.25) is 0 Å². The van der Waals surface area contributed by atoms with Crippen molar-refractivity contribution in [2.45, 2.75) is 78.1 Å². The Balaban J connectivity index is 1.73. The standard InChI is InChI=1S/C18H31N/c1-3-4-14(2)16-9-11-18(12-10-16)17-7-5-15(13-19)6-8-17/h14-18H,3-12H2,1-2H3. The zero-order valence-corrected chi connectivity index (χ0v) is 12.9. The molecule has 1 nitrogen and oxygen atoms in total. The first kappa shape index (κ1) is 14.9. The monoisotopic (exact) mass is 261 g/mol. The number of rotatable bonds is 4. The molecule has 2 saturated carbocycles. The van der Waals surface area contributed by atoms with Crippen LogP contribution in [0.4, 0.5) is 0 Å². The van der Waals surface area contributed by atoms with Gasteiger partial charge in [-0.25, -0.2) is 0 Å². The molecule has 2 aliphatic rings. The van der Waals surface area contributed by atoms with Crippen molar-refractivity contribution >= 4 is 0 Å². The van der Waals surface area contributed by atoms with Gasteiger partial charge in [-0.05, 0) is 75.0 Å². The molecule has 0 aromatic carbocycles. The average molecular weight is 261 g/mol. The molecule has 0 aliphatic heterocycles. The van der Waals surface area contributed by atoms with E-state index in [-0.39, 0.29) is 0 Å². The maximum Gasteiger partial charge on any atom is 0.0655 e. The minimum atomic E-state index is 0.372. The summed E-state index contributed by atoms with van der Waals surface area (Å²) in [5.41, 5.74) is 0. The third-order valence-corrected chi connectivity index (χ3v) is 5.99. The van der Waals surface area contributed by atoms with Gasteiger partial charge in [0.05, 0.1) is 6.07 Å². The van der Waals surface area contributed by atoms with E-state index >= 15 is 0 Å². The van der Waals surface area contributed by atoms with E-state index in [1.54, 1.807) is 0 Å². The first-order valence-electron chi connectivity index (χ1n) is 8.64. The Kier molecular flexibility index (Phi) is 5.74. The summed E-state index contributed by atoms with van der Waals surface area (Å²) in [6.07, 6.45) is 13.7. The molecule has 0 N–H and O–H groups in total. The van der Waals surface area contributed by atoms with Crippen LogP contribution in [-0.4, -0.2) is 0 Å². The molecule has 0 heterocycles. The first-order chi connectivity index (χ1) is 9.24. The van der Waals surface area contributed by atoms with Crippen LogP contribution in [0.1, 0.15) is 78.1 Å². The second-order valence-corrected chi connectivity index (χ2v) is 7.18. The summed E-state index contributed by atoms with van der Waals surface area (Å²) in [7, 11) is 0. The highest BCUT2D eigenvalue weighted by molar-refractivity contribution is 4.89. The molecule has 0 spiro atoms. The van der Waals surface area contributed by atoms with Gasteiger partial charge in [-0.2, -0.15) is 5.26 Å². The third kappa shape index (κ3) is 3.98. The molecule has 2 aliphatic carbocycles. The number of hydrogen-bond acceptors (Lipinski definition) is 1. The Bertz CT molecular complexity index is 287. The summed E-state index contributed by atoms with van der Waals surface area (Å²) in [6.45, 7) is 4.78. The molecule has 0 aromatic heterocycles. The van der Waals surface area contributed by atoms with Gasteiger partial charge in [-0.1, -0.05) is 26.7 Å². The molecule has 0 saturated heterocycles. The van der Waals surface area contributed by atoms with Gasteiger partial charge in [0.1, 0.15) is 0 Å². The highest BCUT2D eigenvalue weighted by atomic mass is 14.4. The fraction of sp³-hybridized carbons (Fsp3) is 0.944. The van der Waals surface area contributed by atoms with Crippen LogP contribution in [0.5, 0.6) is 0 Å². The zero-order chi connectivity index (χ0) is 13.7. The van der Waals surface area contributed by atoms with Crippen LogP contribution >= 0.6 is 0 Å². The van der Waals surface area contributed by atoms with E-state index in [1.165, 1.54) is 64.2 Å². The Labute approximate surface area is 119 Å². The van der Waals surface area contributed by atoms with Crippen molar-refractivity contribution in [3.63, 3.8) is 0 Å². The molecule has 1 heteroatoms. The van der Waals surface area contributed by atoms with Crippen molar-refractivity contribution in [3.8, 4) is 6.07 Å². The molecule has 1 unspecified atom stereocenters. The molecule has 2 fully saturated rings. The molecule has 108 valence electrons. The Hall–Kier alpha value is -0.510. The van der Waals surface area contributed by atoms with E-state index < -0.39 is 0 Å². The minimum absolute atomic E-state index is 0.372. The summed E-state index contributed by atoms with van der Waals surface area (Å²) in [4.78, 5) is 0. The van der Waals surface area contributed by atoms with E-state index in [4.69, 9.17) is 5.26 Å². The molecule has 19 heavy (non-hydrogen) atoms. The first-order valence-corrected chi connectivity index (χ1v) is 8.64. The van der Waals surface area contributed by atoms with Gasteiger partial charge in [0, 0.05) is 5.92 Å². The smallest absolute Gasteiger partial charge is 0.0655 e. The topological polar surface area (TPSA) is 23.8 Å². The molecule has 0 amide bonds. The van der Waals surface area contributed by atoms with E-state index in [0.717, 1.165) is 23.7 Å². The predicted molar refractivity (Wildman–Crippen MR) is 80.6 cm³/mol. The van der Waals surface area contributed by atoms with Crippen LogP contribution in [0.2, 0.25) is 0 Å². The maximum absolute atomic E-state index is 8.98.